The fourth-order valence-electron chi connectivity index (χ4n) is 2.80. The van der Waals surface area contributed by atoms with Gasteiger partial charge in [0.1, 0.15) is 15.9 Å². The van der Waals surface area contributed by atoms with Crippen molar-refractivity contribution in [1.82, 2.24) is 14.7 Å². The minimum atomic E-state index is -3.23. The van der Waals surface area contributed by atoms with Crippen molar-refractivity contribution in [2.75, 3.05) is 18.6 Å². The molecule has 126 valence electrons. The zero-order valence-electron chi connectivity index (χ0n) is 13.3. The number of sulfone groups is 1. The van der Waals surface area contributed by atoms with Crippen LogP contribution in [-0.4, -0.2) is 46.8 Å². The Morgan fingerprint density at radius 3 is 2.83 bits per heavy atom. The van der Waals surface area contributed by atoms with Crippen molar-refractivity contribution in [2.24, 2.45) is 0 Å². The fourth-order valence-corrected chi connectivity index (χ4v) is 4.48. The summed E-state index contributed by atoms with van der Waals surface area (Å²) in [4.78, 5) is 5.00. The van der Waals surface area contributed by atoms with Crippen LogP contribution in [0.2, 0.25) is 0 Å². The van der Waals surface area contributed by atoms with Crippen molar-refractivity contribution in [2.45, 2.75) is 32.7 Å². The molecule has 0 bridgehead atoms. The Balaban J connectivity index is 1.69. The van der Waals surface area contributed by atoms with Crippen LogP contribution in [0.5, 0.6) is 0 Å². The summed E-state index contributed by atoms with van der Waals surface area (Å²) in [7, 11) is -3.23. The molecular weight excluding hydrogens is 334 g/mol. The molecule has 0 saturated heterocycles. The van der Waals surface area contributed by atoms with Crippen molar-refractivity contribution in [1.29, 1.82) is 0 Å². The maximum absolute atomic E-state index is 11.3. The summed E-state index contributed by atoms with van der Waals surface area (Å²) in [6.07, 6.45) is 0.0632. The highest BCUT2D eigenvalue weighted by Gasteiger charge is 2.23. The Morgan fingerprint density at radius 1 is 1.39 bits per heavy atom. The summed E-state index contributed by atoms with van der Waals surface area (Å²) in [5.74, 6) is -0.290. The third-order valence-electron chi connectivity index (χ3n) is 3.87. The van der Waals surface area contributed by atoms with Gasteiger partial charge in [0.2, 0.25) is 0 Å². The van der Waals surface area contributed by atoms with Crippen LogP contribution in [-0.2, 0) is 29.5 Å². The first-order valence-electron chi connectivity index (χ1n) is 7.50. The van der Waals surface area contributed by atoms with Crippen molar-refractivity contribution in [3.05, 3.63) is 39.3 Å². The van der Waals surface area contributed by atoms with Gasteiger partial charge in [-0.05, 0) is 25.1 Å². The second kappa shape index (κ2) is 6.35. The van der Waals surface area contributed by atoms with E-state index in [2.05, 4.69) is 29.1 Å². The van der Waals surface area contributed by atoms with Gasteiger partial charge in [-0.1, -0.05) is 0 Å². The van der Waals surface area contributed by atoms with Crippen LogP contribution in [0.3, 0.4) is 0 Å². The highest BCUT2D eigenvalue weighted by molar-refractivity contribution is 7.90. The lowest BCUT2D eigenvalue weighted by molar-refractivity contribution is 0.191. The molecule has 23 heavy (non-hydrogen) atoms. The van der Waals surface area contributed by atoms with E-state index in [0.717, 1.165) is 38.1 Å². The molecule has 1 aliphatic heterocycles. The molecule has 1 aliphatic rings. The molecule has 1 unspecified atom stereocenters. The van der Waals surface area contributed by atoms with Gasteiger partial charge in [0.25, 0.3) is 0 Å². The first-order chi connectivity index (χ1) is 10.8. The van der Waals surface area contributed by atoms with E-state index in [4.69, 9.17) is 0 Å². The first-order valence-corrected chi connectivity index (χ1v) is 10.4. The SMILES string of the molecule is Cc1ccc(CN2CCn3nc(C(O)CS(C)(=O)=O)cc3C2)s1. The van der Waals surface area contributed by atoms with E-state index < -0.39 is 15.9 Å². The van der Waals surface area contributed by atoms with Crippen molar-refractivity contribution >= 4 is 21.2 Å². The number of rotatable bonds is 5. The quantitative estimate of drug-likeness (QED) is 0.876. The molecule has 0 aliphatic carbocycles. The molecule has 0 radical (unpaired) electrons. The lowest BCUT2D eigenvalue weighted by atomic mass is 10.2. The maximum atomic E-state index is 11.3. The molecule has 0 amide bonds. The molecule has 0 spiro atoms. The van der Waals surface area contributed by atoms with Gasteiger partial charge >= 0.3 is 0 Å². The molecule has 1 N–H and O–H groups in total. The monoisotopic (exact) mass is 355 g/mol. The highest BCUT2D eigenvalue weighted by Crippen LogP contribution is 2.22. The van der Waals surface area contributed by atoms with Crippen molar-refractivity contribution < 1.29 is 13.5 Å². The standard InChI is InChI=1S/C15H21N3O3S2/c1-11-3-4-13(22-11)9-17-5-6-18-12(8-17)7-14(16-18)15(19)10-23(2,20)21/h3-4,7,15,19H,5-6,8-10H2,1-2H3. The second-order valence-electron chi connectivity index (χ2n) is 6.11. The van der Waals surface area contributed by atoms with E-state index >= 15 is 0 Å². The number of fused-ring (bicyclic) bond motifs is 1. The van der Waals surface area contributed by atoms with Crippen LogP contribution >= 0.6 is 11.3 Å². The average Bonchev–Trinajstić information content (AvgIpc) is 3.02. The van der Waals surface area contributed by atoms with Gasteiger partial charge in [-0.25, -0.2) is 8.42 Å². The van der Waals surface area contributed by atoms with Gasteiger partial charge in [0.05, 0.1) is 23.7 Å². The van der Waals surface area contributed by atoms with Crippen LogP contribution in [0.1, 0.15) is 27.2 Å². The Kier molecular flexibility index (Phi) is 4.59. The molecule has 8 heteroatoms. The molecule has 0 aromatic carbocycles. The number of nitrogens with zero attached hydrogens (tertiary/aromatic N) is 3. The number of thiophene rings is 1. The summed E-state index contributed by atoms with van der Waals surface area (Å²) >= 11 is 1.81. The van der Waals surface area contributed by atoms with Crippen LogP contribution in [0.15, 0.2) is 18.2 Å². The topological polar surface area (TPSA) is 75.4 Å². The Morgan fingerprint density at radius 2 is 2.17 bits per heavy atom. The zero-order chi connectivity index (χ0) is 16.6. The van der Waals surface area contributed by atoms with Gasteiger partial charge in [0, 0.05) is 35.6 Å². The molecule has 0 saturated carbocycles. The largest absolute Gasteiger partial charge is 0.386 e. The van der Waals surface area contributed by atoms with E-state index in [1.54, 1.807) is 0 Å². The smallest absolute Gasteiger partial charge is 0.150 e. The van der Waals surface area contributed by atoms with E-state index in [-0.39, 0.29) is 5.75 Å². The van der Waals surface area contributed by atoms with Crippen molar-refractivity contribution in [3.8, 4) is 0 Å². The number of aliphatic hydroxyl groups is 1. The second-order valence-corrected chi connectivity index (χ2v) is 9.67. The molecule has 0 fully saturated rings. The van der Waals surface area contributed by atoms with Crippen LogP contribution in [0.4, 0.5) is 0 Å². The number of aryl methyl sites for hydroxylation is 1. The van der Waals surface area contributed by atoms with Gasteiger partial charge < -0.3 is 5.11 Å². The normalized spacial score (nSPS) is 17.2. The van der Waals surface area contributed by atoms with Gasteiger partial charge in [-0.2, -0.15) is 5.10 Å². The number of hydrogen-bond donors (Lipinski definition) is 1. The number of aromatic nitrogens is 2. The summed E-state index contributed by atoms with van der Waals surface area (Å²) in [5, 5.41) is 14.4. The molecule has 3 heterocycles. The summed E-state index contributed by atoms with van der Waals surface area (Å²) in [6.45, 7) is 5.42. The minimum absolute atomic E-state index is 0.290. The van der Waals surface area contributed by atoms with E-state index in [9.17, 15) is 13.5 Å². The third kappa shape index (κ3) is 4.20. The fraction of sp³-hybridized carbons (Fsp3) is 0.533. The summed E-state index contributed by atoms with van der Waals surface area (Å²) in [5.41, 5.74) is 1.46. The minimum Gasteiger partial charge on any atom is -0.386 e. The number of hydrogen-bond acceptors (Lipinski definition) is 6. The van der Waals surface area contributed by atoms with Crippen LogP contribution < -0.4 is 0 Å². The van der Waals surface area contributed by atoms with E-state index in [1.807, 2.05) is 22.1 Å². The lowest BCUT2D eigenvalue weighted by Gasteiger charge is -2.26. The lowest BCUT2D eigenvalue weighted by Crippen LogP contribution is -2.33. The van der Waals surface area contributed by atoms with Gasteiger partial charge in [0.15, 0.2) is 0 Å². The highest BCUT2D eigenvalue weighted by atomic mass is 32.2. The van der Waals surface area contributed by atoms with Crippen molar-refractivity contribution in [3.63, 3.8) is 0 Å². The predicted molar refractivity (Wildman–Crippen MR) is 90.1 cm³/mol. The van der Waals surface area contributed by atoms with Crippen LogP contribution in [0.25, 0.3) is 0 Å². The van der Waals surface area contributed by atoms with E-state index in [1.165, 1.54) is 9.75 Å². The maximum Gasteiger partial charge on any atom is 0.150 e. The average molecular weight is 355 g/mol. The van der Waals surface area contributed by atoms with Gasteiger partial charge in [-0.3, -0.25) is 9.58 Å². The first kappa shape index (κ1) is 16.6. The summed E-state index contributed by atoms with van der Waals surface area (Å²) < 4.78 is 24.5. The Labute approximate surface area is 140 Å². The zero-order valence-corrected chi connectivity index (χ0v) is 14.9. The number of aliphatic hydroxyl groups excluding tert-OH is 1. The molecule has 3 rings (SSSR count). The Bertz CT molecular complexity index is 795. The molecule has 1 atom stereocenters. The molecular formula is C15H21N3O3S2. The molecule has 2 aromatic rings. The molecule has 2 aromatic heterocycles. The predicted octanol–water partition coefficient (Wildman–Crippen LogP) is 1.35. The van der Waals surface area contributed by atoms with Gasteiger partial charge in [-0.15, -0.1) is 11.3 Å². The third-order valence-corrected chi connectivity index (χ3v) is 5.78. The Hall–Kier alpha value is -1.22. The summed E-state index contributed by atoms with van der Waals surface area (Å²) in [6, 6.07) is 6.11. The molecule has 6 nitrogen and oxygen atoms in total. The van der Waals surface area contributed by atoms with E-state index in [0.29, 0.717) is 5.69 Å². The van der Waals surface area contributed by atoms with Crippen LogP contribution in [0, 0.1) is 6.92 Å².